The van der Waals surface area contributed by atoms with E-state index in [0.29, 0.717) is 11.7 Å². The Morgan fingerprint density at radius 1 is 1.64 bits per heavy atom. The molecule has 0 bridgehead atoms. The number of hydrogen-bond acceptors (Lipinski definition) is 5. The molecular weight excluding hydrogens is 196 g/mol. The number of nitrogens with two attached hydrogens (primary N) is 1. The van der Waals surface area contributed by atoms with E-state index >= 15 is 0 Å². The molecule has 78 valence electrons. The van der Waals surface area contributed by atoms with Crippen LogP contribution in [-0.2, 0) is 0 Å². The highest BCUT2D eigenvalue weighted by atomic mass is 32.2. The van der Waals surface area contributed by atoms with Gasteiger partial charge in [-0.15, -0.1) is 0 Å². The zero-order valence-corrected chi connectivity index (χ0v) is 9.34. The summed E-state index contributed by atoms with van der Waals surface area (Å²) >= 11 is 1.84. The van der Waals surface area contributed by atoms with Gasteiger partial charge in [-0.3, -0.25) is 0 Å². The molecule has 1 rings (SSSR count). The van der Waals surface area contributed by atoms with E-state index in [-0.39, 0.29) is 0 Å². The summed E-state index contributed by atoms with van der Waals surface area (Å²) in [5.41, 5.74) is 6.31. The third kappa shape index (κ3) is 3.41. The second kappa shape index (κ2) is 5.70. The highest BCUT2D eigenvalue weighted by Crippen LogP contribution is 2.14. The van der Waals surface area contributed by atoms with Crippen LogP contribution in [0.3, 0.4) is 0 Å². The molecule has 0 saturated carbocycles. The highest BCUT2D eigenvalue weighted by Gasteiger charge is 2.04. The summed E-state index contributed by atoms with van der Waals surface area (Å²) in [7, 11) is 0. The molecular formula is C9H16N4S. The Morgan fingerprint density at radius 2 is 2.43 bits per heavy atom. The minimum Gasteiger partial charge on any atom is -0.394 e. The lowest BCUT2D eigenvalue weighted by Crippen LogP contribution is -2.17. The van der Waals surface area contributed by atoms with Crippen molar-refractivity contribution in [2.45, 2.75) is 19.4 Å². The van der Waals surface area contributed by atoms with Gasteiger partial charge >= 0.3 is 0 Å². The zero-order chi connectivity index (χ0) is 10.4. The summed E-state index contributed by atoms with van der Waals surface area (Å²) in [6, 6.07) is 0.389. The average molecular weight is 212 g/mol. The van der Waals surface area contributed by atoms with Crippen LogP contribution in [0.1, 0.15) is 13.3 Å². The SMILES string of the molecule is CSCCC(C)Nc1ncncc1N. The van der Waals surface area contributed by atoms with E-state index in [0.717, 1.165) is 18.0 Å². The maximum Gasteiger partial charge on any atom is 0.152 e. The zero-order valence-electron chi connectivity index (χ0n) is 8.53. The van der Waals surface area contributed by atoms with E-state index in [9.17, 15) is 0 Å². The smallest absolute Gasteiger partial charge is 0.152 e. The highest BCUT2D eigenvalue weighted by molar-refractivity contribution is 7.98. The molecule has 1 unspecified atom stereocenters. The fourth-order valence-electron chi connectivity index (χ4n) is 1.06. The van der Waals surface area contributed by atoms with E-state index in [2.05, 4.69) is 28.5 Å². The molecule has 1 heterocycles. The molecule has 0 aliphatic heterocycles. The van der Waals surface area contributed by atoms with Crippen molar-refractivity contribution in [3.8, 4) is 0 Å². The second-order valence-electron chi connectivity index (χ2n) is 3.15. The van der Waals surface area contributed by atoms with Crippen LogP contribution in [0.15, 0.2) is 12.5 Å². The maximum absolute atomic E-state index is 5.70. The van der Waals surface area contributed by atoms with Crippen LogP contribution >= 0.6 is 11.8 Å². The van der Waals surface area contributed by atoms with Gasteiger partial charge in [0.15, 0.2) is 5.82 Å². The quantitative estimate of drug-likeness (QED) is 0.776. The van der Waals surface area contributed by atoms with Crippen molar-refractivity contribution in [2.24, 2.45) is 0 Å². The normalized spacial score (nSPS) is 12.4. The second-order valence-corrected chi connectivity index (χ2v) is 4.14. The number of hydrogen-bond donors (Lipinski definition) is 2. The minimum atomic E-state index is 0.389. The predicted octanol–water partition coefficient (Wildman–Crippen LogP) is 1.61. The lowest BCUT2D eigenvalue weighted by atomic mass is 10.2. The van der Waals surface area contributed by atoms with E-state index in [1.807, 2.05) is 11.8 Å². The van der Waals surface area contributed by atoms with Gasteiger partial charge in [-0.05, 0) is 25.4 Å². The molecule has 4 nitrogen and oxygen atoms in total. The first-order chi connectivity index (χ1) is 6.74. The molecule has 14 heavy (non-hydrogen) atoms. The standard InChI is InChI=1S/C9H16N4S/c1-7(3-4-14-2)13-9-8(10)5-11-6-12-9/h5-7H,3-4,10H2,1-2H3,(H,11,12,13). The lowest BCUT2D eigenvalue weighted by Gasteiger charge is -2.14. The Labute approximate surface area is 88.7 Å². The van der Waals surface area contributed by atoms with Crippen molar-refractivity contribution in [3.63, 3.8) is 0 Å². The van der Waals surface area contributed by atoms with Crippen LogP contribution in [0.25, 0.3) is 0 Å². The average Bonchev–Trinajstić information content (AvgIpc) is 2.18. The van der Waals surface area contributed by atoms with Gasteiger partial charge in [-0.2, -0.15) is 11.8 Å². The van der Waals surface area contributed by atoms with Gasteiger partial charge < -0.3 is 11.1 Å². The summed E-state index contributed by atoms with van der Waals surface area (Å²) in [6.45, 7) is 2.12. The molecule has 0 aromatic carbocycles. The fraction of sp³-hybridized carbons (Fsp3) is 0.556. The summed E-state index contributed by atoms with van der Waals surface area (Å²) in [5, 5.41) is 3.26. The number of thioether (sulfide) groups is 1. The van der Waals surface area contributed by atoms with E-state index in [1.165, 1.54) is 6.33 Å². The molecule has 5 heteroatoms. The number of nitrogens with one attached hydrogen (secondary N) is 1. The van der Waals surface area contributed by atoms with Gasteiger partial charge in [-0.1, -0.05) is 0 Å². The predicted molar refractivity (Wildman–Crippen MR) is 62.5 cm³/mol. The fourth-order valence-corrected chi connectivity index (χ4v) is 1.65. The molecule has 0 aliphatic rings. The number of nitrogens with zero attached hydrogens (tertiary/aromatic N) is 2. The van der Waals surface area contributed by atoms with Crippen molar-refractivity contribution in [1.82, 2.24) is 9.97 Å². The molecule has 3 N–H and O–H groups in total. The topological polar surface area (TPSA) is 63.8 Å². The third-order valence-corrected chi connectivity index (χ3v) is 2.52. The Balaban J connectivity index is 2.47. The number of nitrogen functional groups attached to an aromatic ring is 1. The summed E-state index contributed by atoms with van der Waals surface area (Å²) in [5.74, 6) is 1.87. The van der Waals surface area contributed by atoms with E-state index < -0.39 is 0 Å². The Bertz CT molecular complexity index is 279. The summed E-state index contributed by atoms with van der Waals surface area (Å²) in [6.07, 6.45) is 6.31. The van der Waals surface area contributed by atoms with Crippen molar-refractivity contribution in [2.75, 3.05) is 23.1 Å². The molecule has 0 amide bonds. The van der Waals surface area contributed by atoms with E-state index in [4.69, 9.17) is 5.73 Å². The van der Waals surface area contributed by atoms with E-state index in [1.54, 1.807) is 6.20 Å². The van der Waals surface area contributed by atoms with Crippen LogP contribution < -0.4 is 11.1 Å². The monoisotopic (exact) mass is 212 g/mol. The third-order valence-electron chi connectivity index (χ3n) is 1.88. The van der Waals surface area contributed by atoms with Gasteiger partial charge in [0, 0.05) is 6.04 Å². The van der Waals surface area contributed by atoms with Crippen molar-refractivity contribution < 1.29 is 0 Å². The first kappa shape index (κ1) is 11.1. The Kier molecular flexibility index (Phi) is 4.52. The molecule has 1 atom stereocenters. The van der Waals surface area contributed by atoms with Crippen LogP contribution in [-0.4, -0.2) is 28.0 Å². The van der Waals surface area contributed by atoms with Gasteiger partial charge in [0.25, 0.3) is 0 Å². The van der Waals surface area contributed by atoms with Crippen molar-refractivity contribution in [3.05, 3.63) is 12.5 Å². The van der Waals surface area contributed by atoms with Gasteiger partial charge in [0.2, 0.25) is 0 Å². The van der Waals surface area contributed by atoms with Crippen molar-refractivity contribution >= 4 is 23.3 Å². The molecule has 0 aliphatic carbocycles. The van der Waals surface area contributed by atoms with Crippen molar-refractivity contribution in [1.29, 1.82) is 0 Å². The van der Waals surface area contributed by atoms with Gasteiger partial charge in [-0.25, -0.2) is 9.97 Å². The molecule has 1 aromatic rings. The molecule has 0 saturated heterocycles. The largest absolute Gasteiger partial charge is 0.394 e. The first-order valence-electron chi connectivity index (χ1n) is 4.55. The van der Waals surface area contributed by atoms with Gasteiger partial charge in [0.1, 0.15) is 6.33 Å². The summed E-state index contributed by atoms with van der Waals surface area (Å²) in [4.78, 5) is 7.91. The Morgan fingerprint density at radius 3 is 3.07 bits per heavy atom. The molecule has 0 fully saturated rings. The molecule has 0 radical (unpaired) electrons. The number of aromatic nitrogens is 2. The maximum atomic E-state index is 5.70. The van der Waals surface area contributed by atoms with Crippen LogP contribution in [0.2, 0.25) is 0 Å². The molecule has 1 aromatic heterocycles. The van der Waals surface area contributed by atoms with Crippen LogP contribution in [0.4, 0.5) is 11.5 Å². The number of rotatable bonds is 5. The molecule has 0 spiro atoms. The summed E-state index contributed by atoms with van der Waals surface area (Å²) < 4.78 is 0. The Hall–Kier alpha value is -0.970. The van der Waals surface area contributed by atoms with Gasteiger partial charge in [0.05, 0.1) is 11.9 Å². The first-order valence-corrected chi connectivity index (χ1v) is 5.94. The lowest BCUT2D eigenvalue weighted by molar-refractivity contribution is 0.766. The minimum absolute atomic E-state index is 0.389. The van der Waals surface area contributed by atoms with Crippen LogP contribution in [0.5, 0.6) is 0 Å². The number of anilines is 2. The van der Waals surface area contributed by atoms with Crippen LogP contribution in [0, 0.1) is 0 Å².